The van der Waals surface area contributed by atoms with Gasteiger partial charge >= 0.3 is 0 Å². The van der Waals surface area contributed by atoms with Gasteiger partial charge in [0.05, 0.1) is 12.7 Å². The number of piperidine rings is 1. The number of ether oxygens (including phenoxy) is 1. The average Bonchev–Trinajstić information content (AvgIpc) is 3.16. The van der Waals surface area contributed by atoms with Gasteiger partial charge in [0.15, 0.2) is 0 Å². The topological polar surface area (TPSA) is 29.5 Å². The molecule has 0 aromatic carbocycles. The van der Waals surface area contributed by atoms with E-state index >= 15 is 0 Å². The van der Waals surface area contributed by atoms with Crippen molar-refractivity contribution in [3.05, 3.63) is 0 Å². The van der Waals surface area contributed by atoms with Gasteiger partial charge < -0.3 is 9.64 Å². The van der Waals surface area contributed by atoms with Gasteiger partial charge in [-0.3, -0.25) is 4.79 Å². The maximum atomic E-state index is 11.8. The highest BCUT2D eigenvalue weighted by Crippen LogP contribution is 2.49. The van der Waals surface area contributed by atoms with Gasteiger partial charge in [0.1, 0.15) is 5.78 Å². The molecule has 1 heterocycles. The molecule has 19 heavy (non-hydrogen) atoms. The number of carbonyl (C=O) groups is 1. The molecule has 0 aromatic rings. The van der Waals surface area contributed by atoms with Crippen LogP contribution in [0.1, 0.15) is 52.4 Å². The van der Waals surface area contributed by atoms with Crippen molar-refractivity contribution in [1.29, 1.82) is 0 Å². The van der Waals surface area contributed by atoms with Crippen molar-refractivity contribution in [3.8, 4) is 0 Å². The van der Waals surface area contributed by atoms with E-state index < -0.39 is 0 Å². The fraction of sp³-hybridized carbons (Fsp3) is 0.938. The zero-order valence-corrected chi connectivity index (χ0v) is 12.4. The molecule has 3 rings (SSSR count). The number of likely N-dealkylation sites (tertiary alicyclic amines) is 1. The van der Waals surface area contributed by atoms with E-state index in [-0.39, 0.29) is 5.41 Å². The largest absolute Gasteiger partial charge is 0.378 e. The minimum absolute atomic E-state index is 0.113. The lowest BCUT2D eigenvalue weighted by molar-refractivity contribution is -0.142. The van der Waals surface area contributed by atoms with Crippen molar-refractivity contribution < 1.29 is 9.53 Å². The van der Waals surface area contributed by atoms with Crippen molar-refractivity contribution in [2.45, 2.75) is 58.5 Å². The van der Waals surface area contributed by atoms with Crippen molar-refractivity contribution in [1.82, 2.24) is 4.90 Å². The monoisotopic (exact) mass is 265 g/mol. The van der Waals surface area contributed by atoms with Crippen LogP contribution in [0.5, 0.6) is 0 Å². The summed E-state index contributed by atoms with van der Waals surface area (Å²) < 4.78 is 5.82. The molecule has 2 saturated carbocycles. The van der Waals surface area contributed by atoms with Gasteiger partial charge in [-0.2, -0.15) is 0 Å². The smallest absolute Gasteiger partial charge is 0.139 e. The third-order valence-electron chi connectivity index (χ3n) is 5.47. The number of nitrogens with zero attached hydrogens (tertiary/aromatic N) is 1. The van der Waals surface area contributed by atoms with Crippen LogP contribution in [0, 0.1) is 10.8 Å². The molecule has 0 atom stereocenters. The van der Waals surface area contributed by atoms with Crippen LogP contribution in [0.3, 0.4) is 0 Å². The first kappa shape index (κ1) is 13.6. The molecular weight excluding hydrogens is 238 g/mol. The van der Waals surface area contributed by atoms with Crippen LogP contribution < -0.4 is 0 Å². The summed E-state index contributed by atoms with van der Waals surface area (Å²) >= 11 is 0. The van der Waals surface area contributed by atoms with Crippen molar-refractivity contribution in [2.24, 2.45) is 10.8 Å². The predicted molar refractivity (Wildman–Crippen MR) is 75.1 cm³/mol. The molecule has 2 aliphatic carbocycles. The molecule has 0 bridgehead atoms. The van der Waals surface area contributed by atoms with E-state index in [0.29, 0.717) is 17.3 Å². The van der Waals surface area contributed by atoms with E-state index in [4.69, 9.17) is 4.74 Å². The molecule has 1 saturated heterocycles. The molecule has 108 valence electrons. The SMILES string of the molecule is CC(C)OCC1(CN2CCC3(CCC3=O)CC2)CC1. The summed E-state index contributed by atoms with van der Waals surface area (Å²) in [6.07, 6.45) is 7.18. The zero-order valence-electron chi connectivity index (χ0n) is 12.4. The Morgan fingerprint density at radius 2 is 1.84 bits per heavy atom. The van der Waals surface area contributed by atoms with E-state index in [1.165, 1.54) is 19.4 Å². The summed E-state index contributed by atoms with van der Waals surface area (Å²) in [5, 5.41) is 0. The van der Waals surface area contributed by atoms with Crippen molar-refractivity contribution in [3.63, 3.8) is 0 Å². The third-order valence-corrected chi connectivity index (χ3v) is 5.47. The van der Waals surface area contributed by atoms with Gasteiger partial charge in [-0.1, -0.05) is 0 Å². The summed E-state index contributed by atoms with van der Waals surface area (Å²) in [5.74, 6) is 0.538. The summed E-state index contributed by atoms with van der Waals surface area (Å²) in [6.45, 7) is 8.57. The van der Waals surface area contributed by atoms with Crippen LogP contribution >= 0.6 is 0 Å². The highest BCUT2D eigenvalue weighted by atomic mass is 16.5. The van der Waals surface area contributed by atoms with Gasteiger partial charge in [0.25, 0.3) is 0 Å². The minimum Gasteiger partial charge on any atom is -0.378 e. The summed E-state index contributed by atoms with van der Waals surface area (Å²) in [4.78, 5) is 14.3. The normalized spacial score (nSPS) is 28.7. The molecule has 1 aliphatic heterocycles. The Morgan fingerprint density at radius 1 is 1.16 bits per heavy atom. The summed E-state index contributed by atoms with van der Waals surface area (Å²) in [7, 11) is 0. The van der Waals surface area contributed by atoms with Gasteiger partial charge in [0.2, 0.25) is 0 Å². The number of rotatable bonds is 5. The molecule has 0 N–H and O–H groups in total. The Bertz CT molecular complexity index is 352. The number of carbonyl (C=O) groups excluding carboxylic acids is 1. The molecule has 0 unspecified atom stereocenters. The first-order valence-electron chi connectivity index (χ1n) is 7.91. The maximum absolute atomic E-state index is 11.8. The molecule has 0 aromatic heterocycles. The highest BCUT2D eigenvalue weighted by Gasteiger charge is 2.49. The van der Waals surface area contributed by atoms with Gasteiger partial charge in [-0.15, -0.1) is 0 Å². The first-order chi connectivity index (χ1) is 9.04. The molecular formula is C16H27NO2. The second kappa shape index (κ2) is 4.85. The van der Waals surface area contributed by atoms with Gasteiger partial charge in [-0.25, -0.2) is 0 Å². The van der Waals surface area contributed by atoms with Gasteiger partial charge in [-0.05, 0) is 59.0 Å². The lowest BCUT2D eigenvalue weighted by Gasteiger charge is -2.46. The van der Waals surface area contributed by atoms with E-state index in [1.54, 1.807) is 0 Å². The van der Waals surface area contributed by atoms with Crippen LogP contribution in [0.2, 0.25) is 0 Å². The Hall–Kier alpha value is -0.410. The Balaban J connectivity index is 1.46. The van der Waals surface area contributed by atoms with E-state index in [2.05, 4.69) is 18.7 Å². The first-order valence-corrected chi connectivity index (χ1v) is 7.91. The van der Waals surface area contributed by atoms with Crippen molar-refractivity contribution in [2.75, 3.05) is 26.2 Å². The van der Waals surface area contributed by atoms with E-state index in [1.807, 2.05) is 0 Å². The highest BCUT2D eigenvalue weighted by molar-refractivity contribution is 5.90. The fourth-order valence-corrected chi connectivity index (χ4v) is 3.59. The Labute approximate surface area is 116 Å². The lowest BCUT2D eigenvalue weighted by atomic mass is 9.62. The molecule has 1 spiro atoms. The van der Waals surface area contributed by atoms with Crippen LogP contribution in [-0.2, 0) is 9.53 Å². The summed E-state index contributed by atoms with van der Waals surface area (Å²) in [6, 6.07) is 0. The second-order valence-electron chi connectivity index (χ2n) is 7.34. The molecule has 3 fully saturated rings. The number of Topliss-reactive ketones (excluding diaryl/α,β-unsaturated/α-hetero) is 1. The number of hydrogen-bond acceptors (Lipinski definition) is 3. The molecule has 3 heteroatoms. The van der Waals surface area contributed by atoms with Crippen LogP contribution in [0.15, 0.2) is 0 Å². The minimum atomic E-state index is 0.113. The van der Waals surface area contributed by atoms with Crippen molar-refractivity contribution >= 4 is 5.78 Å². The predicted octanol–water partition coefficient (Wildman–Crippen LogP) is 2.64. The van der Waals surface area contributed by atoms with Gasteiger partial charge in [0, 0.05) is 23.8 Å². The van der Waals surface area contributed by atoms with Crippen LogP contribution in [0.25, 0.3) is 0 Å². The third kappa shape index (κ3) is 2.73. The Morgan fingerprint density at radius 3 is 2.26 bits per heavy atom. The molecule has 0 amide bonds. The molecule has 3 aliphatic rings. The zero-order chi connectivity index (χ0) is 13.5. The second-order valence-corrected chi connectivity index (χ2v) is 7.34. The molecule has 0 radical (unpaired) electrons. The van der Waals surface area contributed by atoms with E-state index in [0.717, 1.165) is 45.4 Å². The van der Waals surface area contributed by atoms with E-state index in [9.17, 15) is 4.79 Å². The maximum Gasteiger partial charge on any atom is 0.139 e. The molecule has 3 nitrogen and oxygen atoms in total. The lowest BCUT2D eigenvalue weighted by Crippen LogP contribution is -2.50. The van der Waals surface area contributed by atoms with Crippen LogP contribution in [-0.4, -0.2) is 43.0 Å². The Kier molecular flexibility index (Phi) is 3.46. The van der Waals surface area contributed by atoms with Crippen LogP contribution in [0.4, 0.5) is 0 Å². The number of ketones is 1. The average molecular weight is 265 g/mol. The number of hydrogen-bond donors (Lipinski definition) is 0. The summed E-state index contributed by atoms with van der Waals surface area (Å²) in [5.41, 5.74) is 0.556. The standard InChI is InChI=1S/C16H27NO2/c1-13(2)19-12-15(5-6-15)11-17-9-7-16(8-10-17)4-3-14(16)18/h13H,3-12H2,1-2H3. The fourth-order valence-electron chi connectivity index (χ4n) is 3.59. The quantitative estimate of drug-likeness (QED) is 0.765.